The zero-order chi connectivity index (χ0) is 15.5. The van der Waals surface area contributed by atoms with Gasteiger partial charge in [-0.1, -0.05) is 37.6 Å². The van der Waals surface area contributed by atoms with Crippen LogP contribution in [0.5, 0.6) is 0 Å². The molecular weight excluding hydrogens is 294 g/mol. The van der Waals surface area contributed by atoms with Crippen LogP contribution in [0.15, 0.2) is 35.7 Å². The van der Waals surface area contributed by atoms with E-state index >= 15 is 0 Å². The van der Waals surface area contributed by atoms with Crippen LogP contribution in [0.3, 0.4) is 0 Å². The molecule has 2 aromatic heterocycles. The molecule has 1 saturated carbocycles. The van der Waals surface area contributed by atoms with Crippen molar-refractivity contribution in [2.24, 2.45) is 5.92 Å². The van der Waals surface area contributed by atoms with E-state index < -0.39 is 0 Å². The predicted octanol–water partition coefficient (Wildman–Crippen LogP) is 3.51. The van der Waals surface area contributed by atoms with Gasteiger partial charge >= 0.3 is 0 Å². The van der Waals surface area contributed by atoms with Crippen molar-refractivity contribution in [3.05, 3.63) is 30.6 Å². The molecule has 118 valence electrons. The summed E-state index contributed by atoms with van der Waals surface area (Å²) in [7, 11) is 0. The summed E-state index contributed by atoms with van der Waals surface area (Å²) in [6, 6.07) is 6.33. The summed E-state index contributed by atoms with van der Waals surface area (Å²) in [6.45, 7) is 4.20. The van der Waals surface area contributed by atoms with Gasteiger partial charge < -0.3 is 5.32 Å². The topological polar surface area (TPSA) is 46.4 Å². The second-order valence-electron chi connectivity index (χ2n) is 6.17. The van der Waals surface area contributed by atoms with Crippen molar-refractivity contribution in [2.45, 2.75) is 56.0 Å². The third kappa shape index (κ3) is 3.29. The van der Waals surface area contributed by atoms with Crippen LogP contribution in [-0.4, -0.2) is 26.6 Å². The van der Waals surface area contributed by atoms with E-state index in [0.29, 0.717) is 12.0 Å². The lowest BCUT2D eigenvalue weighted by Gasteiger charge is -2.30. The Hall–Kier alpha value is -1.49. The van der Waals surface area contributed by atoms with Gasteiger partial charge in [-0.2, -0.15) is 0 Å². The van der Waals surface area contributed by atoms with Crippen molar-refractivity contribution in [3.8, 4) is 0 Å². The summed E-state index contributed by atoms with van der Waals surface area (Å²) in [5.74, 6) is 0.707. The van der Waals surface area contributed by atoms with Gasteiger partial charge in [0.05, 0.1) is 17.0 Å². The average Bonchev–Trinajstić information content (AvgIpc) is 2.93. The van der Waals surface area contributed by atoms with Gasteiger partial charge in [0.2, 0.25) is 5.91 Å². The molecule has 0 unspecified atom stereocenters. The van der Waals surface area contributed by atoms with E-state index in [1.807, 2.05) is 41.9 Å². The van der Waals surface area contributed by atoms with Crippen LogP contribution >= 0.6 is 11.8 Å². The number of nitrogens with zero attached hydrogens (tertiary/aromatic N) is 2. The van der Waals surface area contributed by atoms with Crippen LogP contribution in [-0.2, 0) is 4.79 Å². The van der Waals surface area contributed by atoms with Crippen molar-refractivity contribution in [3.63, 3.8) is 0 Å². The first kappa shape index (κ1) is 15.4. The molecule has 1 aliphatic carbocycles. The first-order chi connectivity index (χ1) is 10.6. The van der Waals surface area contributed by atoms with Gasteiger partial charge in [0.25, 0.3) is 0 Å². The molecule has 2 heterocycles. The Morgan fingerprint density at radius 1 is 1.41 bits per heavy atom. The second kappa shape index (κ2) is 6.73. The normalized spacial score (nSPS) is 23.4. The minimum atomic E-state index is -0.139. The predicted molar refractivity (Wildman–Crippen MR) is 90.1 cm³/mol. The fourth-order valence-corrected chi connectivity index (χ4v) is 3.93. The standard InChI is InChI=1S/C17H23N3OS/c1-12-7-3-4-9-15(12)19-16(21)13(2)22-17-18-11-14-8-5-6-10-20(14)17/h5-6,8,10-13,15H,3-4,7,9H2,1-2H3,(H,19,21)/t12-,13-,15+/m0/s1. The number of imidazole rings is 1. The second-order valence-corrected chi connectivity index (χ2v) is 7.48. The maximum Gasteiger partial charge on any atom is 0.233 e. The van der Waals surface area contributed by atoms with E-state index in [4.69, 9.17) is 0 Å². The molecule has 3 rings (SSSR count). The Balaban J connectivity index is 1.63. The van der Waals surface area contributed by atoms with E-state index in [2.05, 4.69) is 17.2 Å². The summed E-state index contributed by atoms with van der Waals surface area (Å²) < 4.78 is 2.03. The Labute approximate surface area is 135 Å². The SMILES string of the molecule is C[C@H](Sc1ncc2ccccn12)C(=O)N[C@@H]1CCCC[C@@H]1C. The highest BCUT2D eigenvalue weighted by atomic mass is 32.2. The number of fused-ring (bicyclic) bond motifs is 1. The maximum atomic E-state index is 12.5. The largest absolute Gasteiger partial charge is 0.352 e. The molecule has 2 aromatic rings. The fraction of sp³-hybridized carbons (Fsp3) is 0.529. The van der Waals surface area contributed by atoms with Gasteiger partial charge in [0.15, 0.2) is 5.16 Å². The number of pyridine rings is 1. The van der Waals surface area contributed by atoms with Gasteiger partial charge in [-0.05, 0) is 37.8 Å². The summed E-state index contributed by atoms with van der Waals surface area (Å²) in [5.41, 5.74) is 1.05. The molecule has 0 aliphatic heterocycles. The number of amides is 1. The van der Waals surface area contributed by atoms with Crippen LogP contribution in [0.4, 0.5) is 0 Å². The first-order valence-corrected chi connectivity index (χ1v) is 8.92. The number of aromatic nitrogens is 2. The van der Waals surface area contributed by atoms with Crippen LogP contribution in [0, 0.1) is 5.92 Å². The molecular formula is C17H23N3OS. The van der Waals surface area contributed by atoms with Crippen molar-refractivity contribution in [1.29, 1.82) is 0 Å². The van der Waals surface area contributed by atoms with E-state index in [-0.39, 0.29) is 11.2 Å². The number of thioether (sulfide) groups is 1. The highest BCUT2D eigenvalue weighted by Crippen LogP contribution is 2.26. The summed E-state index contributed by atoms with van der Waals surface area (Å²) in [4.78, 5) is 16.9. The van der Waals surface area contributed by atoms with Gasteiger partial charge in [-0.15, -0.1) is 0 Å². The minimum Gasteiger partial charge on any atom is -0.352 e. The maximum absolute atomic E-state index is 12.5. The lowest BCUT2D eigenvalue weighted by atomic mass is 9.86. The van der Waals surface area contributed by atoms with E-state index in [0.717, 1.165) is 17.1 Å². The van der Waals surface area contributed by atoms with Crippen molar-refractivity contribution < 1.29 is 4.79 Å². The van der Waals surface area contributed by atoms with Gasteiger partial charge in [-0.25, -0.2) is 4.98 Å². The van der Waals surface area contributed by atoms with Crippen LogP contribution in [0.1, 0.15) is 39.5 Å². The molecule has 5 heteroatoms. The lowest BCUT2D eigenvalue weighted by molar-refractivity contribution is -0.121. The number of hydrogen-bond acceptors (Lipinski definition) is 3. The van der Waals surface area contributed by atoms with Crippen molar-refractivity contribution in [2.75, 3.05) is 0 Å². The highest BCUT2D eigenvalue weighted by molar-refractivity contribution is 8.00. The van der Waals surface area contributed by atoms with Crippen LogP contribution in [0.2, 0.25) is 0 Å². The number of nitrogens with one attached hydrogen (secondary N) is 1. The summed E-state index contributed by atoms with van der Waals surface area (Å²) >= 11 is 1.52. The molecule has 1 aliphatic rings. The molecule has 0 saturated heterocycles. The monoisotopic (exact) mass is 317 g/mol. The van der Waals surface area contributed by atoms with E-state index in [9.17, 15) is 4.79 Å². The summed E-state index contributed by atoms with van der Waals surface area (Å²) in [5, 5.41) is 3.96. The molecule has 0 radical (unpaired) electrons. The summed E-state index contributed by atoms with van der Waals surface area (Å²) in [6.07, 6.45) is 8.67. The zero-order valence-electron chi connectivity index (χ0n) is 13.2. The number of hydrogen-bond donors (Lipinski definition) is 1. The van der Waals surface area contributed by atoms with Gasteiger partial charge in [0, 0.05) is 12.2 Å². The third-order valence-electron chi connectivity index (χ3n) is 4.50. The molecule has 0 bridgehead atoms. The van der Waals surface area contributed by atoms with E-state index in [1.165, 1.54) is 31.0 Å². The Morgan fingerprint density at radius 2 is 2.23 bits per heavy atom. The van der Waals surface area contributed by atoms with E-state index in [1.54, 1.807) is 0 Å². The number of carbonyl (C=O) groups is 1. The molecule has 4 nitrogen and oxygen atoms in total. The van der Waals surface area contributed by atoms with Crippen LogP contribution < -0.4 is 5.32 Å². The quantitative estimate of drug-likeness (QED) is 0.878. The molecule has 22 heavy (non-hydrogen) atoms. The molecule has 0 aromatic carbocycles. The zero-order valence-corrected chi connectivity index (χ0v) is 14.0. The fourth-order valence-electron chi connectivity index (χ4n) is 3.05. The molecule has 0 spiro atoms. The van der Waals surface area contributed by atoms with Crippen LogP contribution in [0.25, 0.3) is 5.52 Å². The smallest absolute Gasteiger partial charge is 0.233 e. The number of rotatable bonds is 4. The molecule has 3 atom stereocenters. The number of carbonyl (C=O) groups excluding carboxylic acids is 1. The molecule has 1 fully saturated rings. The Bertz CT molecular complexity index is 654. The lowest BCUT2D eigenvalue weighted by Crippen LogP contribution is -2.44. The van der Waals surface area contributed by atoms with Crippen molar-refractivity contribution >= 4 is 23.2 Å². The minimum absolute atomic E-state index is 0.122. The molecule has 1 N–H and O–H groups in total. The average molecular weight is 317 g/mol. The Kier molecular flexibility index (Phi) is 4.71. The van der Waals surface area contributed by atoms with Crippen molar-refractivity contribution in [1.82, 2.24) is 14.7 Å². The molecule has 1 amide bonds. The third-order valence-corrected chi connectivity index (χ3v) is 5.58. The first-order valence-electron chi connectivity index (χ1n) is 8.04. The Morgan fingerprint density at radius 3 is 3.05 bits per heavy atom. The van der Waals surface area contributed by atoms with Gasteiger partial charge in [-0.3, -0.25) is 9.20 Å². The highest BCUT2D eigenvalue weighted by Gasteiger charge is 2.25. The van der Waals surface area contributed by atoms with Gasteiger partial charge in [0.1, 0.15) is 0 Å².